The van der Waals surface area contributed by atoms with Crippen LogP contribution in [-0.2, 0) is 10.3 Å². The summed E-state index contributed by atoms with van der Waals surface area (Å²) in [6, 6.07) is 12.2. The van der Waals surface area contributed by atoms with Gasteiger partial charge in [-0.15, -0.1) is 0 Å². The third-order valence-corrected chi connectivity index (χ3v) is 5.01. The molecular weight excluding hydrogens is 376 g/mol. The Hall–Kier alpha value is -3.13. The van der Waals surface area contributed by atoms with Crippen LogP contribution in [0.5, 0.6) is 5.75 Å². The van der Waals surface area contributed by atoms with Gasteiger partial charge in [0.05, 0.1) is 7.11 Å². The summed E-state index contributed by atoms with van der Waals surface area (Å²) in [6.45, 7) is 5.65. The monoisotopic (exact) mass is 398 g/mol. The second kappa shape index (κ2) is 7.47. The molecule has 0 bridgehead atoms. The van der Waals surface area contributed by atoms with E-state index in [1.165, 1.54) is 0 Å². The van der Waals surface area contributed by atoms with Gasteiger partial charge in [-0.1, -0.05) is 18.2 Å². The van der Waals surface area contributed by atoms with Crippen molar-refractivity contribution in [1.29, 1.82) is 0 Å². The number of ether oxygens (including phenoxy) is 1. The Morgan fingerprint density at radius 3 is 2.57 bits per heavy atom. The van der Waals surface area contributed by atoms with Crippen molar-refractivity contribution in [1.82, 2.24) is 15.8 Å². The molecular formula is C20H22N4O3S. The molecule has 1 atom stereocenters. The number of aryl methyl sites for hydroxylation is 2. The Balaban J connectivity index is 1.75. The molecule has 3 rings (SSSR count). The molecule has 0 aromatic heterocycles. The van der Waals surface area contributed by atoms with Crippen molar-refractivity contribution in [3.05, 3.63) is 59.2 Å². The summed E-state index contributed by atoms with van der Waals surface area (Å²) >= 11 is 5.27. The molecule has 3 N–H and O–H groups in total. The molecule has 28 heavy (non-hydrogen) atoms. The molecule has 7 nitrogen and oxygen atoms in total. The van der Waals surface area contributed by atoms with Crippen LogP contribution in [0, 0.1) is 13.8 Å². The SMILES string of the molecule is COc1cccc([C@@]2(C)NC(=O)N(NC(=S)Nc3ccc(C)c(C)c3)C2=O)c1. The van der Waals surface area contributed by atoms with E-state index in [0.717, 1.165) is 21.8 Å². The highest BCUT2D eigenvalue weighted by Crippen LogP contribution is 2.30. The molecule has 1 heterocycles. The Bertz CT molecular complexity index is 962. The van der Waals surface area contributed by atoms with E-state index < -0.39 is 17.5 Å². The highest BCUT2D eigenvalue weighted by molar-refractivity contribution is 7.80. The van der Waals surface area contributed by atoms with Crippen LogP contribution in [0.3, 0.4) is 0 Å². The van der Waals surface area contributed by atoms with E-state index in [0.29, 0.717) is 11.3 Å². The molecule has 0 aliphatic carbocycles. The molecule has 3 amide bonds. The number of nitrogens with one attached hydrogen (secondary N) is 3. The number of nitrogens with zero attached hydrogens (tertiary/aromatic N) is 1. The summed E-state index contributed by atoms with van der Waals surface area (Å²) in [6.07, 6.45) is 0. The van der Waals surface area contributed by atoms with Crippen molar-refractivity contribution in [2.24, 2.45) is 0 Å². The number of rotatable bonds is 4. The van der Waals surface area contributed by atoms with Gasteiger partial charge in [-0.25, -0.2) is 4.79 Å². The first kappa shape index (κ1) is 19.6. The van der Waals surface area contributed by atoms with Gasteiger partial charge < -0.3 is 15.4 Å². The van der Waals surface area contributed by atoms with Gasteiger partial charge in [-0.3, -0.25) is 10.2 Å². The fraction of sp³-hybridized carbons (Fsp3) is 0.250. The average Bonchev–Trinajstić information content (AvgIpc) is 2.89. The van der Waals surface area contributed by atoms with E-state index in [1.54, 1.807) is 38.3 Å². The lowest BCUT2D eigenvalue weighted by molar-refractivity contribution is -0.132. The second-order valence-corrected chi connectivity index (χ2v) is 7.20. The van der Waals surface area contributed by atoms with Gasteiger partial charge in [0, 0.05) is 5.69 Å². The normalized spacial score (nSPS) is 18.6. The molecule has 0 spiro atoms. The Labute approximate surface area is 169 Å². The lowest BCUT2D eigenvalue weighted by Crippen LogP contribution is -2.49. The molecule has 146 valence electrons. The number of hydrazine groups is 1. The van der Waals surface area contributed by atoms with Crippen LogP contribution in [-0.4, -0.2) is 29.2 Å². The van der Waals surface area contributed by atoms with E-state index in [-0.39, 0.29) is 5.11 Å². The summed E-state index contributed by atoms with van der Waals surface area (Å²) in [7, 11) is 1.54. The lowest BCUT2D eigenvalue weighted by Gasteiger charge is -2.23. The van der Waals surface area contributed by atoms with Gasteiger partial charge in [-0.2, -0.15) is 5.01 Å². The van der Waals surface area contributed by atoms with Crippen LogP contribution >= 0.6 is 12.2 Å². The van der Waals surface area contributed by atoms with E-state index in [2.05, 4.69) is 16.1 Å². The number of urea groups is 1. The summed E-state index contributed by atoms with van der Waals surface area (Å²) in [4.78, 5) is 25.4. The van der Waals surface area contributed by atoms with Gasteiger partial charge in [0.1, 0.15) is 11.3 Å². The molecule has 1 saturated heterocycles. The highest BCUT2D eigenvalue weighted by Gasteiger charge is 2.50. The number of carbonyl (C=O) groups is 2. The maximum absolute atomic E-state index is 13.0. The zero-order chi connectivity index (χ0) is 20.5. The molecule has 1 aliphatic rings. The fourth-order valence-corrected chi connectivity index (χ4v) is 3.16. The molecule has 8 heteroatoms. The quantitative estimate of drug-likeness (QED) is 0.543. The first-order valence-electron chi connectivity index (χ1n) is 8.70. The third kappa shape index (κ3) is 3.63. The van der Waals surface area contributed by atoms with Crippen molar-refractivity contribution < 1.29 is 14.3 Å². The van der Waals surface area contributed by atoms with E-state index in [4.69, 9.17) is 17.0 Å². The van der Waals surface area contributed by atoms with Crippen molar-refractivity contribution >= 4 is 35.0 Å². The number of amides is 3. The number of anilines is 1. The summed E-state index contributed by atoms with van der Waals surface area (Å²) in [5, 5.41) is 6.73. The number of benzene rings is 2. The predicted molar refractivity (Wildman–Crippen MR) is 111 cm³/mol. The van der Waals surface area contributed by atoms with Gasteiger partial charge >= 0.3 is 6.03 Å². The predicted octanol–water partition coefficient (Wildman–Crippen LogP) is 2.98. The minimum atomic E-state index is -1.23. The molecule has 0 unspecified atom stereocenters. The number of methoxy groups -OCH3 is 1. The minimum Gasteiger partial charge on any atom is -0.497 e. The molecule has 0 radical (unpaired) electrons. The van der Waals surface area contributed by atoms with Crippen LogP contribution in [0.15, 0.2) is 42.5 Å². The first-order valence-corrected chi connectivity index (χ1v) is 9.11. The van der Waals surface area contributed by atoms with Crippen LogP contribution in [0.1, 0.15) is 23.6 Å². The summed E-state index contributed by atoms with van der Waals surface area (Å²) in [5.74, 6) is 0.133. The number of imide groups is 1. The maximum atomic E-state index is 13.0. The van der Waals surface area contributed by atoms with Crippen molar-refractivity contribution in [2.45, 2.75) is 26.3 Å². The van der Waals surface area contributed by atoms with Crippen LogP contribution < -0.4 is 20.8 Å². The zero-order valence-electron chi connectivity index (χ0n) is 16.1. The first-order chi connectivity index (χ1) is 13.2. The molecule has 1 aliphatic heterocycles. The highest BCUT2D eigenvalue weighted by atomic mass is 32.1. The Morgan fingerprint density at radius 2 is 1.89 bits per heavy atom. The smallest absolute Gasteiger partial charge is 0.344 e. The average molecular weight is 398 g/mol. The minimum absolute atomic E-state index is 0.140. The van der Waals surface area contributed by atoms with Crippen LogP contribution in [0.2, 0.25) is 0 Å². The summed E-state index contributed by atoms with van der Waals surface area (Å²) < 4.78 is 5.21. The number of carbonyl (C=O) groups excluding carboxylic acids is 2. The topological polar surface area (TPSA) is 82.7 Å². The van der Waals surface area contributed by atoms with Gasteiger partial charge in [0.15, 0.2) is 5.11 Å². The molecule has 1 fully saturated rings. The van der Waals surface area contributed by atoms with Crippen molar-refractivity contribution in [2.75, 3.05) is 12.4 Å². The fourth-order valence-electron chi connectivity index (χ4n) is 2.95. The number of hydrogen-bond donors (Lipinski definition) is 3. The summed E-state index contributed by atoms with van der Waals surface area (Å²) in [5.41, 5.74) is 5.09. The third-order valence-electron chi connectivity index (χ3n) is 4.82. The molecule has 2 aromatic rings. The zero-order valence-corrected chi connectivity index (χ0v) is 16.9. The molecule has 0 saturated carbocycles. The van der Waals surface area contributed by atoms with Gasteiger partial charge in [-0.05, 0) is 73.9 Å². The second-order valence-electron chi connectivity index (χ2n) is 6.79. The Morgan fingerprint density at radius 1 is 1.14 bits per heavy atom. The van der Waals surface area contributed by atoms with E-state index in [1.807, 2.05) is 32.0 Å². The van der Waals surface area contributed by atoms with Crippen LogP contribution in [0.25, 0.3) is 0 Å². The maximum Gasteiger partial charge on any atom is 0.344 e. The van der Waals surface area contributed by atoms with Crippen molar-refractivity contribution in [3.8, 4) is 5.75 Å². The van der Waals surface area contributed by atoms with Gasteiger partial charge in [0.2, 0.25) is 0 Å². The number of thiocarbonyl (C=S) groups is 1. The molecule has 2 aromatic carbocycles. The van der Waals surface area contributed by atoms with Crippen molar-refractivity contribution in [3.63, 3.8) is 0 Å². The lowest BCUT2D eigenvalue weighted by atomic mass is 9.92. The van der Waals surface area contributed by atoms with Crippen LogP contribution in [0.4, 0.5) is 10.5 Å². The number of hydrogen-bond acceptors (Lipinski definition) is 4. The Kier molecular flexibility index (Phi) is 5.24. The van der Waals surface area contributed by atoms with E-state index in [9.17, 15) is 9.59 Å². The largest absolute Gasteiger partial charge is 0.497 e. The van der Waals surface area contributed by atoms with Gasteiger partial charge in [0.25, 0.3) is 5.91 Å². The standard InChI is InChI=1S/C20H22N4O3S/c1-12-8-9-15(10-13(12)2)21-18(28)23-24-17(25)20(3,22-19(24)26)14-6-5-7-16(11-14)27-4/h5-11H,1-4H3,(H,22,26)(H2,21,23,28)/t20-/m1/s1. The van der Waals surface area contributed by atoms with E-state index >= 15 is 0 Å².